The number of rotatable bonds is 4. The zero-order chi connectivity index (χ0) is 32.3. The molecule has 1 aliphatic carbocycles. The average molecular weight is 603 g/mol. The lowest BCUT2D eigenvalue weighted by molar-refractivity contribution is 0.477. The fourth-order valence-corrected chi connectivity index (χ4v) is 6.76. The molecule has 0 aliphatic heterocycles. The lowest BCUT2D eigenvalue weighted by atomic mass is 9.68. The number of para-hydroxylation sites is 1. The van der Waals surface area contributed by atoms with Gasteiger partial charge in [0.1, 0.15) is 18.4 Å². The molecule has 5 heteroatoms. The molecule has 0 radical (unpaired) electrons. The summed E-state index contributed by atoms with van der Waals surface area (Å²) in [5, 5.41) is 10.9. The number of phenols is 1. The monoisotopic (exact) mass is 602 g/mol. The predicted octanol–water partition coefficient (Wildman–Crippen LogP) is 9.26. The van der Waals surface area contributed by atoms with Crippen LogP contribution in [0.4, 0.5) is 0 Å². The Morgan fingerprint density at radius 1 is 0.587 bits per heavy atom. The summed E-state index contributed by atoms with van der Waals surface area (Å²) in [6.45, 7) is 13.6. The molecule has 0 unspecified atom stereocenters. The maximum Gasteiger partial charge on any atom is 0.162 e. The Bertz CT molecular complexity index is 2020. The highest BCUT2D eigenvalue weighted by Crippen LogP contribution is 2.57. The minimum atomic E-state index is -0.767. The first-order valence-corrected chi connectivity index (χ1v) is 15.8. The molecule has 0 saturated carbocycles. The van der Waals surface area contributed by atoms with Crippen molar-refractivity contribution in [3.8, 4) is 39.5 Å². The lowest BCUT2D eigenvalue weighted by Gasteiger charge is -2.35. The van der Waals surface area contributed by atoms with Crippen LogP contribution in [0.3, 0.4) is 0 Å². The first-order chi connectivity index (χ1) is 22.0. The number of aromatic nitrogens is 4. The van der Waals surface area contributed by atoms with E-state index in [1.807, 2.05) is 30.3 Å². The number of hydrogen-bond donors (Lipinski definition) is 1. The minimum absolute atomic E-state index is 0.0655. The second-order valence-electron chi connectivity index (χ2n) is 14.2. The fraction of sp³-hybridized carbons (Fsp3) is 0.220. The van der Waals surface area contributed by atoms with E-state index in [0.29, 0.717) is 11.4 Å². The van der Waals surface area contributed by atoms with Gasteiger partial charge in [-0.15, -0.1) is 0 Å². The van der Waals surface area contributed by atoms with E-state index >= 15 is 0 Å². The molecule has 0 spiro atoms. The van der Waals surface area contributed by atoms with E-state index in [-0.39, 0.29) is 16.6 Å². The molecule has 0 atom stereocenters. The Balaban J connectivity index is 1.63. The van der Waals surface area contributed by atoms with Crippen LogP contribution in [0.2, 0.25) is 0 Å². The molecule has 2 heterocycles. The first-order valence-electron chi connectivity index (χ1n) is 15.8. The van der Waals surface area contributed by atoms with Crippen LogP contribution >= 0.6 is 0 Å². The Morgan fingerprint density at radius 2 is 1.20 bits per heavy atom. The van der Waals surface area contributed by atoms with Gasteiger partial charge in [0.2, 0.25) is 0 Å². The van der Waals surface area contributed by atoms with Crippen molar-refractivity contribution < 1.29 is 5.11 Å². The highest BCUT2D eigenvalue weighted by molar-refractivity contribution is 5.87. The van der Waals surface area contributed by atoms with E-state index in [2.05, 4.69) is 123 Å². The van der Waals surface area contributed by atoms with Crippen molar-refractivity contribution in [3.05, 3.63) is 149 Å². The summed E-state index contributed by atoms with van der Waals surface area (Å²) in [5.74, 6) is 0.823. The Kier molecular flexibility index (Phi) is 6.89. The number of fused-ring (bicyclic) bond motifs is 3. The van der Waals surface area contributed by atoms with Gasteiger partial charge in [-0.05, 0) is 80.1 Å². The standard InChI is InChI=1S/C41H38N4O/c1-39(2,3)27-17-19-30-31-20-18-28(40(4,5)6)23-34(31)41(33(30)22-27,29-12-9-11-26(21-29)38-43-24-42-25-44-38)37-16-10-14-35(45-37)32-13-7-8-15-36(32)46/h7-25,46H,1-6H3. The number of nitrogens with zero attached hydrogens (tertiary/aromatic N) is 4. The van der Waals surface area contributed by atoms with Gasteiger partial charge in [-0.2, -0.15) is 0 Å². The third-order valence-electron chi connectivity index (χ3n) is 9.23. The molecule has 6 aromatic rings. The van der Waals surface area contributed by atoms with Gasteiger partial charge in [0.05, 0.1) is 16.8 Å². The maximum absolute atomic E-state index is 10.9. The minimum Gasteiger partial charge on any atom is -0.507 e. The summed E-state index contributed by atoms with van der Waals surface area (Å²) >= 11 is 0. The van der Waals surface area contributed by atoms with Crippen molar-refractivity contribution in [1.29, 1.82) is 0 Å². The summed E-state index contributed by atoms with van der Waals surface area (Å²) in [6, 6.07) is 36.0. The van der Waals surface area contributed by atoms with Gasteiger partial charge in [0, 0.05) is 11.1 Å². The van der Waals surface area contributed by atoms with Crippen LogP contribution in [0.25, 0.3) is 33.8 Å². The van der Waals surface area contributed by atoms with Gasteiger partial charge in [-0.3, -0.25) is 4.98 Å². The van der Waals surface area contributed by atoms with Crippen molar-refractivity contribution in [2.45, 2.75) is 57.8 Å². The van der Waals surface area contributed by atoms with Crippen LogP contribution in [-0.4, -0.2) is 25.0 Å². The van der Waals surface area contributed by atoms with E-state index in [0.717, 1.165) is 22.5 Å². The fourth-order valence-electron chi connectivity index (χ4n) is 6.76. The van der Waals surface area contributed by atoms with Gasteiger partial charge in [-0.25, -0.2) is 15.0 Å². The quantitative estimate of drug-likeness (QED) is 0.217. The highest BCUT2D eigenvalue weighted by atomic mass is 16.3. The van der Waals surface area contributed by atoms with Crippen LogP contribution in [0, 0.1) is 0 Å². The van der Waals surface area contributed by atoms with Gasteiger partial charge in [0.15, 0.2) is 5.82 Å². The molecule has 46 heavy (non-hydrogen) atoms. The third-order valence-corrected chi connectivity index (χ3v) is 9.23. The van der Waals surface area contributed by atoms with E-state index in [1.165, 1.54) is 46.0 Å². The Labute approximate surface area is 271 Å². The Morgan fingerprint density at radius 3 is 1.80 bits per heavy atom. The lowest BCUT2D eigenvalue weighted by Crippen LogP contribution is -2.31. The second kappa shape index (κ2) is 10.7. The molecule has 1 N–H and O–H groups in total. The molecule has 2 aromatic heterocycles. The highest BCUT2D eigenvalue weighted by Gasteiger charge is 2.48. The molecule has 0 fully saturated rings. The van der Waals surface area contributed by atoms with Crippen LogP contribution < -0.4 is 0 Å². The van der Waals surface area contributed by atoms with Crippen molar-refractivity contribution in [1.82, 2.24) is 19.9 Å². The van der Waals surface area contributed by atoms with Gasteiger partial charge in [-0.1, -0.05) is 114 Å². The van der Waals surface area contributed by atoms with Gasteiger partial charge < -0.3 is 5.11 Å². The SMILES string of the molecule is CC(C)(C)c1ccc2c(c1)C(c1cccc(-c3ncncn3)c1)(c1cccc(-c3ccccc3O)n1)c1cc(C(C)(C)C)ccc1-2. The zero-order valence-corrected chi connectivity index (χ0v) is 27.2. The van der Waals surface area contributed by atoms with E-state index < -0.39 is 5.41 Å². The number of benzene rings is 4. The number of pyridine rings is 1. The summed E-state index contributed by atoms with van der Waals surface area (Å²) in [7, 11) is 0. The first kappa shape index (κ1) is 29.5. The number of aromatic hydroxyl groups is 1. The summed E-state index contributed by atoms with van der Waals surface area (Å²) in [4.78, 5) is 18.4. The topological polar surface area (TPSA) is 71.8 Å². The van der Waals surface area contributed by atoms with Crippen molar-refractivity contribution in [3.63, 3.8) is 0 Å². The molecule has 0 amide bonds. The second-order valence-corrected chi connectivity index (χ2v) is 14.2. The number of phenolic OH excluding ortho intramolecular Hbond substituents is 1. The zero-order valence-electron chi connectivity index (χ0n) is 27.2. The van der Waals surface area contributed by atoms with Crippen LogP contribution in [0.1, 0.15) is 75.1 Å². The van der Waals surface area contributed by atoms with E-state index in [4.69, 9.17) is 4.98 Å². The normalized spacial score (nSPS) is 13.7. The summed E-state index contributed by atoms with van der Waals surface area (Å²) < 4.78 is 0. The van der Waals surface area contributed by atoms with Crippen LogP contribution in [0.5, 0.6) is 5.75 Å². The maximum atomic E-state index is 10.9. The molecule has 5 nitrogen and oxygen atoms in total. The predicted molar refractivity (Wildman–Crippen MR) is 185 cm³/mol. The van der Waals surface area contributed by atoms with Crippen LogP contribution in [-0.2, 0) is 16.2 Å². The third kappa shape index (κ3) is 4.78. The van der Waals surface area contributed by atoms with Crippen molar-refractivity contribution in [2.24, 2.45) is 0 Å². The Hall–Kier alpha value is -5.16. The van der Waals surface area contributed by atoms with Crippen molar-refractivity contribution >= 4 is 0 Å². The number of hydrogen-bond acceptors (Lipinski definition) is 5. The largest absolute Gasteiger partial charge is 0.507 e. The van der Waals surface area contributed by atoms with E-state index in [1.54, 1.807) is 6.07 Å². The molecule has 7 rings (SSSR count). The molecule has 1 aliphatic rings. The van der Waals surface area contributed by atoms with Gasteiger partial charge in [0.25, 0.3) is 0 Å². The molecular formula is C41H38N4O. The van der Waals surface area contributed by atoms with Gasteiger partial charge >= 0.3 is 0 Å². The molecule has 4 aromatic carbocycles. The smallest absolute Gasteiger partial charge is 0.162 e. The average Bonchev–Trinajstić information content (AvgIpc) is 3.35. The van der Waals surface area contributed by atoms with E-state index in [9.17, 15) is 5.11 Å². The van der Waals surface area contributed by atoms with Crippen molar-refractivity contribution in [2.75, 3.05) is 0 Å². The molecule has 0 saturated heterocycles. The molecular weight excluding hydrogens is 564 g/mol. The molecule has 0 bridgehead atoms. The summed E-state index contributed by atoms with van der Waals surface area (Å²) in [5.41, 5.74) is 10.7. The van der Waals surface area contributed by atoms with Crippen LogP contribution in [0.15, 0.2) is 116 Å². The summed E-state index contributed by atoms with van der Waals surface area (Å²) in [6.07, 6.45) is 3.07. The molecule has 228 valence electrons.